The van der Waals surface area contributed by atoms with Gasteiger partial charge in [-0.25, -0.2) is 0 Å². The van der Waals surface area contributed by atoms with Crippen molar-refractivity contribution in [2.75, 3.05) is 0 Å². The van der Waals surface area contributed by atoms with Crippen molar-refractivity contribution in [3.63, 3.8) is 0 Å². The highest BCUT2D eigenvalue weighted by Crippen LogP contribution is 2.20. The molecule has 4 heteroatoms. The fourth-order valence-corrected chi connectivity index (χ4v) is 2.75. The normalized spacial score (nSPS) is 12.7. The molecule has 1 aromatic heterocycles. The van der Waals surface area contributed by atoms with Gasteiger partial charge in [0, 0.05) is 23.9 Å². The fourth-order valence-electron chi connectivity index (χ4n) is 2.63. The minimum Gasteiger partial charge on any atom is -0.392 e. The molecule has 0 fully saturated rings. The number of halogens is 1. The first-order valence-electron chi connectivity index (χ1n) is 6.96. The Morgan fingerprint density at radius 2 is 1.81 bits per heavy atom. The standard InChI is InChI=1S/C17H17ClN2O/c1-20-17-5-3-2-4-15(17)16(19-20)11-14(21)10-12-6-8-13(18)9-7-12/h2-9,14,21H,10-11H2,1H3. The number of aliphatic hydroxyl groups excluding tert-OH is 1. The van der Waals surface area contributed by atoms with Crippen LogP contribution in [0.5, 0.6) is 0 Å². The second-order valence-electron chi connectivity index (χ2n) is 5.28. The van der Waals surface area contributed by atoms with E-state index in [1.54, 1.807) is 0 Å². The summed E-state index contributed by atoms with van der Waals surface area (Å²) in [5.74, 6) is 0. The van der Waals surface area contributed by atoms with Crippen LogP contribution in [0.2, 0.25) is 5.02 Å². The Kier molecular flexibility index (Phi) is 3.95. The Morgan fingerprint density at radius 1 is 1.10 bits per heavy atom. The second kappa shape index (κ2) is 5.88. The van der Waals surface area contributed by atoms with Crippen LogP contribution >= 0.6 is 11.6 Å². The van der Waals surface area contributed by atoms with Crippen molar-refractivity contribution >= 4 is 22.5 Å². The van der Waals surface area contributed by atoms with E-state index >= 15 is 0 Å². The van der Waals surface area contributed by atoms with E-state index in [1.807, 2.05) is 60.3 Å². The first kappa shape index (κ1) is 14.1. The lowest BCUT2D eigenvalue weighted by atomic mass is 10.0. The van der Waals surface area contributed by atoms with Crippen LogP contribution in [0.15, 0.2) is 48.5 Å². The van der Waals surface area contributed by atoms with E-state index < -0.39 is 6.10 Å². The van der Waals surface area contributed by atoms with Crippen LogP contribution in [0.3, 0.4) is 0 Å². The van der Waals surface area contributed by atoms with Gasteiger partial charge in [0.1, 0.15) is 0 Å². The Hall–Kier alpha value is -1.84. The number of fused-ring (bicyclic) bond motifs is 1. The van der Waals surface area contributed by atoms with Gasteiger partial charge < -0.3 is 5.11 Å². The van der Waals surface area contributed by atoms with Crippen LogP contribution < -0.4 is 0 Å². The Balaban J connectivity index is 1.77. The van der Waals surface area contributed by atoms with Crippen molar-refractivity contribution < 1.29 is 5.11 Å². The van der Waals surface area contributed by atoms with Crippen molar-refractivity contribution in [3.8, 4) is 0 Å². The smallest absolute Gasteiger partial charge is 0.0729 e. The van der Waals surface area contributed by atoms with Crippen molar-refractivity contribution in [1.82, 2.24) is 9.78 Å². The van der Waals surface area contributed by atoms with Crippen LogP contribution in [0.4, 0.5) is 0 Å². The van der Waals surface area contributed by atoms with E-state index in [4.69, 9.17) is 11.6 Å². The third kappa shape index (κ3) is 3.09. The molecule has 1 atom stereocenters. The molecule has 108 valence electrons. The van der Waals surface area contributed by atoms with Gasteiger partial charge in [0.2, 0.25) is 0 Å². The van der Waals surface area contributed by atoms with E-state index in [2.05, 4.69) is 5.10 Å². The lowest BCUT2D eigenvalue weighted by Gasteiger charge is -2.09. The predicted molar refractivity (Wildman–Crippen MR) is 85.6 cm³/mol. The number of hydrogen-bond donors (Lipinski definition) is 1. The third-order valence-corrected chi connectivity index (χ3v) is 3.90. The van der Waals surface area contributed by atoms with E-state index in [0.29, 0.717) is 17.9 Å². The van der Waals surface area contributed by atoms with Gasteiger partial charge in [-0.05, 0) is 30.2 Å². The molecule has 2 aromatic carbocycles. The average Bonchev–Trinajstić information content (AvgIpc) is 2.78. The fraction of sp³-hybridized carbons (Fsp3) is 0.235. The highest BCUT2D eigenvalue weighted by Gasteiger charge is 2.13. The van der Waals surface area contributed by atoms with Gasteiger partial charge in [0.15, 0.2) is 0 Å². The SMILES string of the molecule is Cn1nc(CC(O)Cc2ccc(Cl)cc2)c2ccccc21. The van der Waals surface area contributed by atoms with E-state index in [9.17, 15) is 5.11 Å². The summed E-state index contributed by atoms with van der Waals surface area (Å²) in [5, 5.41) is 16.7. The number of nitrogens with zero attached hydrogens (tertiary/aromatic N) is 2. The molecule has 3 rings (SSSR count). The van der Waals surface area contributed by atoms with Crippen molar-refractivity contribution in [2.45, 2.75) is 18.9 Å². The van der Waals surface area contributed by atoms with E-state index in [1.165, 1.54) is 0 Å². The number of para-hydroxylation sites is 1. The van der Waals surface area contributed by atoms with Gasteiger partial charge in [-0.15, -0.1) is 0 Å². The molecule has 0 amide bonds. The molecule has 3 aromatic rings. The predicted octanol–water partition coefficient (Wildman–Crippen LogP) is 3.37. The summed E-state index contributed by atoms with van der Waals surface area (Å²) in [6.07, 6.45) is 0.691. The molecule has 0 radical (unpaired) electrons. The summed E-state index contributed by atoms with van der Waals surface area (Å²) in [7, 11) is 1.93. The monoisotopic (exact) mass is 300 g/mol. The number of rotatable bonds is 4. The molecule has 1 heterocycles. The van der Waals surface area contributed by atoms with Gasteiger partial charge in [-0.2, -0.15) is 5.10 Å². The van der Waals surface area contributed by atoms with Crippen molar-refractivity contribution in [1.29, 1.82) is 0 Å². The summed E-state index contributed by atoms with van der Waals surface area (Å²) in [5.41, 5.74) is 3.10. The summed E-state index contributed by atoms with van der Waals surface area (Å²) < 4.78 is 1.86. The average molecular weight is 301 g/mol. The molecule has 0 aliphatic heterocycles. The number of benzene rings is 2. The first-order valence-corrected chi connectivity index (χ1v) is 7.34. The Labute approximate surface area is 128 Å². The second-order valence-corrected chi connectivity index (χ2v) is 5.71. The van der Waals surface area contributed by atoms with E-state index in [-0.39, 0.29) is 0 Å². The summed E-state index contributed by atoms with van der Waals surface area (Å²) in [4.78, 5) is 0. The molecule has 0 spiro atoms. The highest BCUT2D eigenvalue weighted by atomic mass is 35.5. The Bertz CT molecular complexity index is 749. The quantitative estimate of drug-likeness (QED) is 0.802. The molecule has 0 aliphatic carbocycles. The summed E-state index contributed by atoms with van der Waals surface area (Å²) in [6, 6.07) is 15.7. The number of aliphatic hydroxyl groups is 1. The van der Waals surface area contributed by atoms with Crippen LogP contribution in [0, 0.1) is 0 Å². The van der Waals surface area contributed by atoms with Gasteiger partial charge >= 0.3 is 0 Å². The summed E-state index contributed by atoms with van der Waals surface area (Å²) in [6.45, 7) is 0. The zero-order valence-electron chi connectivity index (χ0n) is 11.8. The topological polar surface area (TPSA) is 38.0 Å². The Morgan fingerprint density at radius 3 is 2.57 bits per heavy atom. The van der Waals surface area contributed by atoms with Crippen LogP contribution in [-0.4, -0.2) is 21.0 Å². The zero-order chi connectivity index (χ0) is 14.8. The maximum Gasteiger partial charge on any atom is 0.0729 e. The molecular weight excluding hydrogens is 284 g/mol. The van der Waals surface area contributed by atoms with Gasteiger partial charge in [-0.3, -0.25) is 4.68 Å². The van der Waals surface area contributed by atoms with Gasteiger partial charge in [-0.1, -0.05) is 41.9 Å². The summed E-state index contributed by atoms with van der Waals surface area (Å²) >= 11 is 5.87. The molecule has 0 saturated heterocycles. The minimum atomic E-state index is -0.454. The van der Waals surface area contributed by atoms with Crippen molar-refractivity contribution in [3.05, 3.63) is 64.8 Å². The highest BCUT2D eigenvalue weighted by molar-refractivity contribution is 6.30. The lowest BCUT2D eigenvalue weighted by molar-refractivity contribution is 0.174. The molecule has 21 heavy (non-hydrogen) atoms. The largest absolute Gasteiger partial charge is 0.392 e. The molecule has 0 saturated carbocycles. The molecule has 3 nitrogen and oxygen atoms in total. The number of aromatic nitrogens is 2. The first-order chi connectivity index (χ1) is 10.1. The van der Waals surface area contributed by atoms with Crippen LogP contribution in [-0.2, 0) is 19.9 Å². The molecule has 1 N–H and O–H groups in total. The van der Waals surface area contributed by atoms with Gasteiger partial charge in [0.05, 0.1) is 17.3 Å². The lowest BCUT2D eigenvalue weighted by Crippen LogP contribution is -2.14. The zero-order valence-corrected chi connectivity index (χ0v) is 12.6. The maximum absolute atomic E-state index is 10.3. The third-order valence-electron chi connectivity index (χ3n) is 3.65. The number of hydrogen-bond acceptors (Lipinski definition) is 2. The molecule has 0 aliphatic rings. The van der Waals surface area contributed by atoms with Crippen molar-refractivity contribution in [2.24, 2.45) is 7.05 Å². The molecular formula is C17H17ClN2O. The number of aryl methyl sites for hydroxylation is 1. The maximum atomic E-state index is 10.3. The van der Waals surface area contributed by atoms with Crippen LogP contribution in [0.25, 0.3) is 10.9 Å². The van der Waals surface area contributed by atoms with E-state index in [0.717, 1.165) is 22.2 Å². The van der Waals surface area contributed by atoms with Gasteiger partial charge in [0.25, 0.3) is 0 Å². The molecule has 0 bridgehead atoms. The molecule has 1 unspecified atom stereocenters. The minimum absolute atomic E-state index is 0.454. The van der Waals surface area contributed by atoms with Crippen LogP contribution in [0.1, 0.15) is 11.3 Å².